The van der Waals surface area contributed by atoms with Gasteiger partial charge >= 0.3 is 0 Å². The summed E-state index contributed by atoms with van der Waals surface area (Å²) in [4.78, 5) is 18.6. The SMILES string of the molecule is CC1(Cc2ccccc2-c2ccccc2)N=C(c2ccc(O)cc2)c2cc(Cl)ccc2NC1=O. The molecule has 5 rings (SSSR count). The van der Waals surface area contributed by atoms with Gasteiger partial charge in [0.2, 0.25) is 0 Å². The van der Waals surface area contributed by atoms with Crippen LogP contribution in [0.15, 0.2) is 102 Å². The Labute approximate surface area is 203 Å². The van der Waals surface area contributed by atoms with Crippen LogP contribution in [0.25, 0.3) is 11.1 Å². The van der Waals surface area contributed by atoms with Crippen LogP contribution < -0.4 is 5.32 Å². The minimum absolute atomic E-state index is 0.165. The second kappa shape index (κ2) is 8.81. The summed E-state index contributed by atoms with van der Waals surface area (Å²) in [5, 5.41) is 13.4. The number of hydrogen-bond acceptors (Lipinski definition) is 3. The molecular weight excluding hydrogens is 444 g/mol. The minimum Gasteiger partial charge on any atom is -0.508 e. The van der Waals surface area contributed by atoms with Crippen LogP contribution in [0.5, 0.6) is 5.75 Å². The molecule has 1 aliphatic heterocycles. The number of carbonyl (C=O) groups excluding carboxylic acids is 1. The van der Waals surface area contributed by atoms with Gasteiger partial charge in [0.1, 0.15) is 11.3 Å². The smallest absolute Gasteiger partial charge is 0.252 e. The molecule has 0 spiro atoms. The number of phenolic OH excluding ortho intramolecular Hbond substituents is 1. The lowest BCUT2D eigenvalue weighted by Crippen LogP contribution is -2.40. The Morgan fingerprint density at radius 3 is 2.32 bits per heavy atom. The molecule has 1 amide bonds. The lowest BCUT2D eigenvalue weighted by molar-refractivity contribution is -0.120. The summed E-state index contributed by atoms with van der Waals surface area (Å²) in [6.07, 6.45) is 0.410. The van der Waals surface area contributed by atoms with E-state index in [-0.39, 0.29) is 11.7 Å². The van der Waals surface area contributed by atoms with Gasteiger partial charge in [0, 0.05) is 22.6 Å². The monoisotopic (exact) mass is 466 g/mol. The van der Waals surface area contributed by atoms with Crippen LogP contribution >= 0.6 is 11.6 Å². The lowest BCUT2D eigenvalue weighted by Gasteiger charge is -2.25. The molecule has 34 heavy (non-hydrogen) atoms. The van der Waals surface area contributed by atoms with Crippen molar-refractivity contribution in [2.24, 2.45) is 4.99 Å². The summed E-state index contributed by atoms with van der Waals surface area (Å²) < 4.78 is 0. The Morgan fingerprint density at radius 1 is 0.853 bits per heavy atom. The van der Waals surface area contributed by atoms with Crippen LogP contribution in [0, 0.1) is 0 Å². The number of aliphatic imine (C=N–C) groups is 1. The van der Waals surface area contributed by atoms with Crippen molar-refractivity contribution in [1.82, 2.24) is 0 Å². The minimum atomic E-state index is -1.08. The van der Waals surface area contributed by atoms with Crippen molar-refractivity contribution in [2.75, 3.05) is 5.32 Å². The van der Waals surface area contributed by atoms with Gasteiger partial charge in [0.25, 0.3) is 5.91 Å². The van der Waals surface area contributed by atoms with Gasteiger partial charge in [-0.3, -0.25) is 9.79 Å². The Morgan fingerprint density at radius 2 is 1.56 bits per heavy atom. The number of amides is 1. The van der Waals surface area contributed by atoms with Gasteiger partial charge in [-0.05, 0) is 66.1 Å². The maximum absolute atomic E-state index is 13.6. The molecule has 0 saturated heterocycles. The second-order valence-electron chi connectivity index (χ2n) is 8.63. The van der Waals surface area contributed by atoms with Gasteiger partial charge in [-0.2, -0.15) is 0 Å². The summed E-state index contributed by atoms with van der Waals surface area (Å²) in [5.41, 5.74) is 4.95. The van der Waals surface area contributed by atoms with E-state index in [1.165, 1.54) is 0 Å². The van der Waals surface area contributed by atoms with Crippen molar-refractivity contribution < 1.29 is 9.90 Å². The Balaban J connectivity index is 1.66. The maximum Gasteiger partial charge on any atom is 0.252 e. The number of hydrogen-bond donors (Lipinski definition) is 2. The molecule has 0 radical (unpaired) electrons. The van der Waals surface area contributed by atoms with Gasteiger partial charge in [-0.15, -0.1) is 0 Å². The fourth-order valence-electron chi connectivity index (χ4n) is 4.34. The first-order chi connectivity index (χ1) is 16.4. The molecule has 2 N–H and O–H groups in total. The van der Waals surface area contributed by atoms with Crippen molar-refractivity contribution >= 4 is 28.9 Å². The van der Waals surface area contributed by atoms with Crippen LogP contribution in [0.4, 0.5) is 5.69 Å². The number of fused-ring (bicyclic) bond motifs is 1. The molecule has 5 heteroatoms. The molecule has 0 aromatic heterocycles. The predicted octanol–water partition coefficient (Wildman–Crippen LogP) is 6.50. The number of aromatic hydroxyl groups is 1. The van der Waals surface area contributed by atoms with E-state index in [1.807, 2.05) is 49.4 Å². The molecule has 0 fully saturated rings. The number of rotatable bonds is 4. The van der Waals surface area contributed by atoms with Gasteiger partial charge < -0.3 is 10.4 Å². The molecule has 4 aromatic rings. The number of nitrogens with one attached hydrogen (secondary N) is 1. The molecule has 1 atom stereocenters. The Kier molecular flexibility index (Phi) is 5.68. The summed E-state index contributed by atoms with van der Waals surface area (Å²) in [6, 6.07) is 30.4. The average Bonchev–Trinajstić information content (AvgIpc) is 2.95. The highest BCUT2D eigenvalue weighted by atomic mass is 35.5. The highest BCUT2D eigenvalue weighted by Gasteiger charge is 2.37. The lowest BCUT2D eigenvalue weighted by atomic mass is 9.87. The highest BCUT2D eigenvalue weighted by Crippen LogP contribution is 2.34. The van der Waals surface area contributed by atoms with Crippen molar-refractivity contribution in [1.29, 1.82) is 0 Å². The number of halogens is 1. The summed E-state index contributed by atoms with van der Waals surface area (Å²) in [6.45, 7) is 1.86. The average molecular weight is 467 g/mol. The molecule has 1 heterocycles. The standard InChI is InChI=1S/C29H23ClN2O2/c1-29(18-21-9-5-6-10-24(21)19-7-3-2-4-8-19)28(34)31-26-16-13-22(30)17-25(26)27(32-29)20-11-14-23(33)15-12-20/h2-17,33H,18H2,1H3,(H,31,34). The van der Waals surface area contributed by atoms with Crippen LogP contribution in [0.2, 0.25) is 5.02 Å². The molecular formula is C29H23ClN2O2. The predicted molar refractivity (Wildman–Crippen MR) is 138 cm³/mol. The van der Waals surface area contributed by atoms with E-state index in [4.69, 9.17) is 16.6 Å². The summed E-state index contributed by atoms with van der Waals surface area (Å²) in [7, 11) is 0. The molecule has 4 nitrogen and oxygen atoms in total. The van der Waals surface area contributed by atoms with Crippen LogP contribution in [-0.2, 0) is 11.2 Å². The number of carbonyl (C=O) groups is 1. The van der Waals surface area contributed by atoms with E-state index in [9.17, 15) is 9.90 Å². The van der Waals surface area contributed by atoms with Crippen LogP contribution in [-0.4, -0.2) is 22.3 Å². The zero-order valence-corrected chi connectivity index (χ0v) is 19.4. The zero-order valence-electron chi connectivity index (χ0n) is 18.6. The van der Waals surface area contributed by atoms with Gasteiger partial charge in [-0.25, -0.2) is 0 Å². The van der Waals surface area contributed by atoms with Gasteiger partial charge in [0.15, 0.2) is 0 Å². The van der Waals surface area contributed by atoms with E-state index in [0.717, 1.165) is 27.8 Å². The molecule has 1 aliphatic rings. The number of benzene rings is 4. The number of phenols is 1. The van der Waals surface area contributed by atoms with E-state index in [0.29, 0.717) is 22.8 Å². The third kappa shape index (κ3) is 4.20. The summed E-state index contributed by atoms with van der Waals surface area (Å²) in [5.74, 6) is -0.0224. The normalized spacial score (nSPS) is 17.4. The van der Waals surface area contributed by atoms with Crippen LogP contribution in [0.1, 0.15) is 23.6 Å². The molecule has 0 aliphatic carbocycles. The molecule has 0 bridgehead atoms. The van der Waals surface area contributed by atoms with Crippen LogP contribution in [0.3, 0.4) is 0 Å². The molecule has 0 saturated carbocycles. The fraction of sp³-hybridized carbons (Fsp3) is 0.103. The first-order valence-corrected chi connectivity index (χ1v) is 11.4. The number of anilines is 1. The quantitative estimate of drug-likeness (QED) is 0.360. The van der Waals surface area contributed by atoms with Crippen molar-refractivity contribution in [3.05, 3.63) is 119 Å². The number of benzodiazepines with no additional fused rings is 1. The largest absolute Gasteiger partial charge is 0.508 e. The maximum atomic E-state index is 13.6. The zero-order chi connectivity index (χ0) is 23.7. The third-order valence-corrected chi connectivity index (χ3v) is 6.35. The third-order valence-electron chi connectivity index (χ3n) is 6.11. The van der Waals surface area contributed by atoms with E-state index < -0.39 is 5.54 Å². The number of nitrogens with zero attached hydrogens (tertiary/aromatic N) is 1. The van der Waals surface area contributed by atoms with Crippen molar-refractivity contribution in [3.8, 4) is 16.9 Å². The van der Waals surface area contributed by atoms with Gasteiger partial charge in [-0.1, -0.05) is 66.2 Å². The van der Waals surface area contributed by atoms with Crippen molar-refractivity contribution in [2.45, 2.75) is 18.9 Å². The topological polar surface area (TPSA) is 61.7 Å². The fourth-order valence-corrected chi connectivity index (χ4v) is 4.51. The van der Waals surface area contributed by atoms with Gasteiger partial charge in [0.05, 0.1) is 11.4 Å². The Hall–Kier alpha value is -3.89. The molecule has 168 valence electrons. The second-order valence-corrected chi connectivity index (χ2v) is 9.06. The van der Waals surface area contributed by atoms with E-state index >= 15 is 0 Å². The first kappa shape index (κ1) is 21.9. The highest BCUT2D eigenvalue weighted by molar-refractivity contribution is 6.32. The molecule has 1 unspecified atom stereocenters. The first-order valence-electron chi connectivity index (χ1n) is 11.1. The van der Waals surface area contributed by atoms with E-state index in [2.05, 4.69) is 23.5 Å². The summed E-state index contributed by atoms with van der Waals surface area (Å²) >= 11 is 6.33. The molecule has 4 aromatic carbocycles. The Bertz CT molecular complexity index is 1400. The van der Waals surface area contributed by atoms with Crippen molar-refractivity contribution in [3.63, 3.8) is 0 Å². The van der Waals surface area contributed by atoms with E-state index in [1.54, 1.807) is 36.4 Å².